The molecule has 1 radical (unpaired) electrons. The van der Waals surface area contributed by atoms with Gasteiger partial charge < -0.3 is 15.1 Å². The molecule has 0 aromatic rings. The fraction of sp³-hybridized carbons (Fsp3) is 0. The third-order valence-electron chi connectivity index (χ3n) is 0. The van der Waals surface area contributed by atoms with Crippen LogP contribution in [0, 0.1) is 0 Å². The minimum atomic E-state index is -2.17. The summed E-state index contributed by atoms with van der Waals surface area (Å²) in [7, 11) is -2.17. The molecule has 6 heteroatoms. The van der Waals surface area contributed by atoms with Gasteiger partial charge in [0.2, 0.25) is 0 Å². The first-order valence-electron chi connectivity index (χ1n) is 0.775. The monoisotopic (exact) mass is 291 g/mol. The Balaban J connectivity index is -0.0000000450. The van der Waals surface area contributed by atoms with Crippen LogP contribution in [0.25, 0.3) is 0 Å². The number of rotatable bonds is 0. The van der Waals surface area contributed by atoms with E-state index in [0.29, 0.717) is 0 Å². The Kier molecular flexibility index (Phi) is 27.9. The predicted molar refractivity (Wildman–Crippen MR) is 21.0 cm³/mol. The minimum Gasteiger partial charge on any atom is 0 e. The standard InChI is InChI=1S/BH3O3.Ba.Y.2H/c2-1(3)4;;;;/h2-4H;;;;. The van der Waals surface area contributed by atoms with Gasteiger partial charge in [-0.1, -0.05) is 0 Å². The van der Waals surface area contributed by atoms with Gasteiger partial charge in [-0.15, -0.1) is 0 Å². The van der Waals surface area contributed by atoms with Crippen molar-refractivity contribution < 1.29 is 47.8 Å². The molecule has 0 saturated heterocycles. The molecule has 0 aliphatic rings. The van der Waals surface area contributed by atoms with Crippen molar-refractivity contribution >= 4 is 56.2 Å². The fourth-order valence-electron chi connectivity index (χ4n) is 0. The molecule has 0 rings (SSSR count). The molecule has 0 aromatic heterocycles. The Morgan fingerprint density at radius 1 is 1.00 bits per heavy atom. The van der Waals surface area contributed by atoms with Gasteiger partial charge in [0.15, 0.2) is 0 Å². The quantitative estimate of drug-likeness (QED) is 0.418. The van der Waals surface area contributed by atoms with Crippen molar-refractivity contribution in [3.8, 4) is 0 Å². The molecule has 0 aliphatic carbocycles. The third-order valence-corrected chi connectivity index (χ3v) is 0. The molecule has 0 atom stereocenters. The van der Waals surface area contributed by atoms with E-state index in [1.807, 2.05) is 0 Å². The minimum absolute atomic E-state index is 0. The van der Waals surface area contributed by atoms with Crippen LogP contribution < -0.4 is 0 Å². The van der Waals surface area contributed by atoms with Crippen molar-refractivity contribution in [2.45, 2.75) is 0 Å². The van der Waals surface area contributed by atoms with E-state index in [1.54, 1.807) is 0 Å². The molecule has 0 heterocycles. The Morgan fingerprint density at radius 2 is 1.00 bits per heavy atom. The van der Waals surface area contributed by atoms with Crippen LogP contribution in [-0.4, -0.2) is 71.3 Å². The summed E-state index contributed by atoms with van der Waals surface area (Å²) in [6.07, 6.45) is 0. The first kappa shape index (κ1) is 15.8. The topological polar surface area (TPSA) is 60.7 Å². The summed E-state index contributed by atoms with van der Waals surface area (Å²) in [5.41, 5.74) is 0. The van der Waals surface area contributed by atoms with Crippen LogP contribution in [0.4, 0.5) is 0 Å². The van der Waals surface area contributed by atoms with Gasteiger partial charge in [-0.25, -0.2) is 0 Å². The molecular weight excluding hydrogens is 285 g/mol. The molecule has 0 bridgehead atoms. The van der Waals surface area contributed by atoms with Gasteiger partial charge in [-0.3, -0.25) is 0 Å². The van der Waals surface area contributed by atoms with Crippen molar-refractivity contribution in [2.24, 2.45) is 0 Å². The van der Waals surface area contributed by atoms with Gasteiger partial charge in [0.1, 0.15) is 0 Å². The molecule has 0 amide bonds. The molecule has 0 fully saturated rings. The van der Waals surface area contributed by atoms with E-state index in [1.165, 1.54) is 0 Å². The summed E-state index contributed by atoms with van der Waals surface area (Å²) in [5, 5.41) is 21.5. The molecule has 0 unspecified atom stereocenters. The zero-order chi connectivity index (χ0) is 3.58. The van der Waals surface area contributed by atoms with Crippen LogP contribution in [0.5, 0.6) is 0 Å². The maximum Gasteiger partial charge on any atom is 0 e. The van der Waals surface area contributed by atoms with Crippen LogP contribution in [0.3, 0.4) is 0 Å². The molecule has 0 spiro atoms. The molecule has 0 aromatic carbocycles. The maximum atomic E-state index is 7.17. The van der Waals surface area contributed by atoms with Crippen molar-refractivity contribution in [2.75, 3.05) is 0 Å². The van der Waals surface area contributed by atoms with Gasteiger partial charge in [0.05, 0.1) is 0 Å². The van der Waals surface area contributed by atoms with Gasteiger partial charge in [-0.05, 0) is 0 Å². The number of hydrogen-bond acceptors (Lipinski definition) is 3. The molecule has 3 N–H and O–H groups in total. The average molecular weight is 290 g/mol. The fourth-order valence-corrected chi connectivity index (χ4v) is 0. The Labute approximate surface area is 102 Å². The van der Waals surface area contributed by atoms with Crippen LogP contribution >= 0.6 is 0 Å². The molecule has 6 heavy (non-hydrogen) atoms. The van der Waals surface area contributed by atoms with Crippen molar-refractivity contribution in [1.29, 1.82) is 0 Å². The zero-order valence-electron chi connectivity index (χ0n) is 2.50. The van der Waals surface area contributed by atoms with E-state index < -0.39 is 7.32 Å². The second kappa shape index (κ2) is 10.6. The van der Waals surface area contributed by atoms with Crippen molar-refractivity contribution in [1.82, 2.24) is 0 Å². The average Bonchev–Trinajstić information content (AvgIpc) is 0.811. The Bertz CT molecular complexity index is 15.5. The first-order chi connectivity index (χ1) is 1.73. The van der Waals surface area contributed by atoms with E-state index in [9.17, 15) is 0 Å². The second-order valence-electron chi connectivity index (χ2n) is 0.346. The van der Waals surface area contributed by atoms with E-state index >= 15 is 0 Å². The summed E-state index contributed by atoms with van der Waals surface area (Å²) in [6, 6.07) is 0. The van der Waals surface area contributed by atoms with Crippen LogP contribution in [0.2, 0.25) is 0 Å². The van der Waals surface area contributed by atoms with Gasteiger partial charge in [-0.2, -0.15) is 0 Å². The van der Waals surface area contributed by atoms with Crippen LogP contribution in [-0.2, 0) is 32.7 Å². The molecular formula is H5BBaO3Y. The SMILES string of the molecule is OB(O)O.[BaH2].[Y]. The number of hydrogen-bond donors (Lipinski definition) is 3. The van der Waals surface area contributed by atoms with E-state index in [4.69, 9.17) is 15.1 Å². The maximum absolute atomic E-state index is 7.17. The summed E-state index contributed by atoms with van der Waals surface area (Å²) in [5.74, 6) is 0. The van der Waals surface area contributed by atoms with Crippen molar-refractivity contribution in [3.05, 3.63) is 0 Å². The van der Waals surface area contributed by atoms with Crippen LogP contribution in [0.1, 0.15) is 0 Å². The smallest absolute Gasteiger partial charge is 0 e. The summed E-state index contributed by atoms with van der Waals surface area (Å²) in [6.45, 7) is 0. The molecule has 0 saturated carbocycles. The second-order valence-corrected chi connectivity index (χ2v) is 0.346. The molecule has 0 aliphatic heterocycles. The largest absolute Gasteiger partial charge is 0 e. The molecule has 3 nitrogen and oxygen atoms in total. The first-order valence-corrected chi connectivity index (χ1v) is 0.775. The van der Waals surface area contributed by atoms with E-state index in [0.717, 1.165) is 0 Å². The van der Waals surface area contributed by atoms with Crippen molar-refractivity contribution in [3.63, 3.8) is 0 Å². The Hall–Kier alpha value is 2.62. The van der Waals surface area contributed by atoms with Gasteiger partial charge in [0.25, 0.3) is 0 Å². The third kappa shape index (κ3) is 30.5. The van der Waals surface area contributed by atoms with E-state index in [-0.39, 0.29) is 81.6 Å². The molecule has 31 valence electrons. The van der Waals surface area contributed by atoms with Gasteiger partial charge in [0, 0.05) is 32.7 Å². The summed E-state index contributed by atoms with van der Waals surface area (Å²) < 4.78 is 0. The normalized spacial score (nSPS) is 4.50. The summed E-state index contributed by atoms with van der Waals surface area (Å²) in [4.78, 5) is 0. The zero-order valence-corrected chi connectivity index (χ0v) is 5.33. The van der Waals surface area contributed by atoms with E-state index in [2.05, 4.69) is 0 Å². The Morgan fingerprint density at radius 3 is 1.00 bits per heavy atom. The summed E-state index contributed by atoms with van der Waals surface area (Å²) >= 11 is 0. The van der Waals surface area contributed by atoms with Gasteiger partial charge >= 0.3 is 56.2 Å². The van der Waals surface area contributed by atoms with Crippen LogP contribution in [0.15, 0.2) is 0 Å². The predicted octanol–water partition coefficient (Wildman–Crippen LogP) is -2.97.